The first kappa shape index (κ1) is 20.2. The molecule has 2 aromatic carbocycles. The van der Waals surface area contributed by atoms with Gasteiger partial charge in [0.25, 0.3) is 5.91 Å². The molecule has 3 N–H and O–H groups in total. The lowest BCUT2D eigenvalue weighted by Gasteiger charge is -2.22. The van der Waals surface area contributed by atoms with Crippen molar-refractivity contribution in [2.45, 2.75) is 45.1 Å². The van der Waals surface area contributed by atoms with Crippen molar-refractivity contribution in [3.8, 4) is 0 Å². The van der Waals surface area contributed by atoms with Crippen molar-refractivity contribution in [2.24, 2.45) is 0 Å². The van der Waals surface area contributed by atoms with E-state index in [-0.39, 0.29) is 24.4 Å². The topological polar surface area (TPSA) is 70.2 Å². The molecule has 3 rings (SSSR count). The van der Waals surface area contributed by atoms with Crippen LogP contribution in [0.4, 0.5) is 11.4 Å². The number of hydrogen-bond acceptors (Lipinski definition) is 3. The molecule has 5 nitrogen and oxygen atoms in total. The van der Waals surface area contributed by atoms with Gasteiger partial charge >= 0.3 is 0 Å². The van der Waals surface area contributed by atoms with E-state index in [0.29, 0.717) is 16.3 Å². The van der Waals surface area contributed by atoms with Gasteiger partial charge in [0.15, 0.2) is 0 Å². The molecular formula is C22H26ClN3O2. The van der Waals surface area contributed by atoms with Crippen LogP contribution in [-0.4, -0.2) is 24.4 Å². The zero-order chi connectivity index (χ0) is 19.9. The van der Waals surface area contributed by atoms with E-state index in [4.69, 9.17) is 11.6 Å². The van der Waals surface area contributed by atoms with Gasteiger partial charge < -0.3 is 16.0 Å². The third kappa shape index (κ3) is 5.49. The van der Waals surface area contributed by atoms with Gasteiger partial charge in [0.1, 0.15) is 0 Å². The Morgan fingerprint density at radius 2 is 1.75 bits per heavy atom. The lowest BCUT2D eigenvalue weighted by Crippen LogP contribution is -2.36. The smallest absolute Gasteiger partial charge is 0.251 e. The maximum Gasteiger partial charge on any atom is 0.251 e. The van der Waals surface area contributed by atoms with Crippen LogP contribution in [-0.2, 0) is 4.79 Å². The fourth-order valence-corrected chi connectivity index (χ4v) is 3.57. The normalized spacial score (nSPS) is 14.4. The van der Waals surface area contributed by atoms with Gasteiger partial charge in [-0.2, -0.15) is 0 Å². The fourth-order valence-electron chi connectivity index (χ4n) is 3.40. The molecule has 2 amide bonds. The number of benzene rings is 2. The van der Waals surface area contributed by atoms with Gasteiger partial charge in [-0.3, -0.25) is 9.59 Å². The Morgan fingerprint density at radius 3 is 2.46 bits per heavy atom. The maximum atomic E-state index is 12.3. The molecular weight excluding hydrogens is 374 g/mol. The third-order valence-electron chi connectivity index (χ3n) is 5.08. The summed E-state index contributed by atoms with van der Waals surface area (Å²) in [7, 11) is 0. The highest BCUT2D eigenvalue weighted by Gasteiger charge is 2.16. The molecule has 0 bridgehead atoms. The number of nitrogens with one attached hydrogen (secondary N) is 3. The molecule has 0 unspecified atom stereocenters. The van der Waals surface area contributed by atoms with E-state index in [9.17, 15) is 9.59 Å². The third-order valence-corrected chi connectivity index (χ3v) is 5.49. The molecule has 0 aromatic heterocycles. The Labute approximate surface area is 170 Å². The maximum absolute atomic E-state index is 12.3. The van der Waals surface area contributed by atoms with Crippen LogP contribution >= 0.6 is 11.6 Å². The monoisotopic (exact) mass is 399 g/mol. The number of rotatable bonds is 6. The highest BCUT2D eigenvalue weighted by molar-refractivity contribution is 6.31. The van der Waals surface area contributed by atoms with E-state index in [1.807, 2.05) is 25.1 Å². The molecule has 2 aromatic rings. The molecule has 1 fully saturated rings. The van der Waals surface area contributed by atoms with Crippen molar-refractivity contribution in [3.63, 3.8) is 0 Å². The van der Waals surface area contributed by atoms with Crippen LogP contribution in [0.3, 0.4) is 0 Å². The Balaban J connectivity index is 1.49. The van der Waals surface area contributed by atoms with Crippen LogP contribution in [0, 0.1) is 6.92 Å². The summed E-state index contributed by atoms with van der Waals surface area (Å²) in [5.74, 6) is -0.221. The fraction of sp³-hybridized carbons (Fsp3) is 0.364. The highest BCUT2D eigenvalue weighted by Crippen LogP contribution is 2.22. The summed E-state index contributed by atoms with van der Waals surface area (Å²) in [6.07, 6.45) is 5.72. The molecule has 1 aliphatic carbocycles. The second-order valence-corrected chi connectivity index (χ2v) is 7.61. The van der Waals surface area contributed by atoms with E-state index in [0.717, 1.165) is 24.1 Å². The van der Waals surface area contributed by atoms with E-state index in [1.54, 1.807) is 24.3 Å². The molecule has 0 aliphatic heterocycles. The summed E-state index contributed by atoms with van der Waals surface area (Å²) in [5, 5.41) is 9.67. The molecule has 1 saturated carbocycles. The van der Waals surface area contributed by atoms with Crippen molar-refractivity contribution < 1.29 is 9.59 Å². The van der Waals surface area contributed by atoms with Crippen molar-refractivity contribution >= 4 is 34.8 Å². The van der Waals surface area contributed by atoms with Crippen molar-refractivity contribution in [1.82, 2.24) is 5.32 Å². The summed E-state index contributed by atoms with van der Waals surface area (Å²) in [6, 6.07) is 12.8. The van der Waals surface area contributed by atoms with Crippen LogP contribution < -0.4 is 16.0 Å². The Hall–Kier alpha value is -2.53. The van der Waals surface area contributed by atoms with E-state index < -0.39 is 0 Å². The number of hydrogen-bond donors (Lipinski definition) is 3. The molecule has 6 heteroatoms. The SMILES string of the molecule is Cc1c(Cl)cccc1NCC(=O)Nc1ccc(C(=O)NC2CCCCC2)cc1. The molecule has 0 saturated heterocycles. The Kier molecular flexibility index (Phi) is 6.93. The van der Waals surface area contributed by atoms with Crippen LogP contribution in [0.15, 0.2) is 42.5 Å². The summed E-state index contributed by atoms with van der Waals surface area (Å²) in [6.45, 7) is 2.03. The second kappa shape index (κ2) is 9.60. The first-order valence-corrected chi connectivity index (χ1v) is 10.1. The first-order valence-electron chi connectivity index (χ1n) is 9.72. The standard InChI is InChI=1S/C22H26ClN3O2/c1-15-19(23)8-5-9-20(15)24-14-21(27)25-18-12-10-16(11-13-18)22(28)26-17-6-3-2-4-7-17/h5,8-13,17,24H,2-4,6-7,14H2,1H3,(H,25,27)(H,26,28). The highest BCUT2D eigenvalue weighted by atomic mass is 35.5. The first-order chi connectivity index (χ1) is 13.5. The molecule has 0 spiro atoms. The largest absolute Gasteiger partial charge is 0.376 e. The van der Waals surface area contributed by atoms with Gasteiger partial charge in [0.05, 0.1) is 6.54 Å². The van der Waals surface area contributed by atoms with Gasteiger partial charge in [0, 0.05) is 28.0 Å². The summed E-state index contributed by atoms with van der Waals surface area (Å²) in [4.78, 5) is 24.5. The summed E-state index contributed by atoms with van der Waals surface area (Å²) in [5.41, 5.74) is 3.00. The lowest BCUT2D eigenvalue weighted by atomic mass is 9.95. The van der Waals surface area contributed by atoms with Crippen molar-refractivity contribution in [3.05, 3.63) is 58.6 Å². The molecule has 28 heavy (non-hydrogen) atoms. The van der Waals surface area contributed by atoms with Crippen LogP contribution in [0.5, 0.6) is 0 Å². The van der Waals surface area contributed by atoms with E-state index in [2.05, 4.69) is 16.0 Å². The average molecular weight is 400 g/mol. The number of carbonyl (C=O) groups excluding carboxylic acids is 2. The van der Waals surface area contributed by atoms with Gasteiger partial charge in [-0.25, -0.2) is 0 Å². The number of halogens is 1. The zero-order valence-electron chi connectivity index (χ0n) is 16.1. The van der Waals surface area contributed by atoms with Gasteiger partial charge in [-0.1, -0.05) is 36.9 Å². The average Bonchev–Trinajstić information content (AvgIpc) is 2.70. The summed E-state index contributed by atoms with van der Waals surface area (Å²) < 4.78 is 0. The van der Waals surface area contributed by atoms with Crippen LogP contribution in [0.2, 0.25) is 5.02 Å². The van der Waals surface area contributed by atoms with E-state index in [1.165, 1.54) is 19.3 Å². The molecule has 0 atom stereocenters. The minimum absolute atomic E-state index is 0.0529. The van der Waals surface area contributed by atoms with Crippen LogP contribution in [0.1, 0.15) is 48.0 Å². The molecule has 0 radical (unpaired) electrons. The molecule has 1 aliphatic rings. The predicted octanol–water partition coefficient (Wildman–Crippen LogP) is 4.76. The minimum atomic E-state index is -0.168. The van der Waals surface area contributed by atoms with Gasteiger partial charge in [0.2, 0.25) is 5.91 Å². The Bertz CT molecular complexity index is 830. The number of amides is 2. The summed E-state index contributed by atoms with van der Waals surface area (Å²) >= 11 is 6.09. The number of carbonyl (C=O) groups is 2. The molecule has 0 heterocycles. The number of anilines is 2. The zero-order valence-corrected chi connectivity index (χ0v) is 16.8. The quantitative estimate of drug-likeness (QED) is 0.655. The predicted molar refractivity (Wildman–Crippen MR) is 114 cm³/mol. The van der Waals surface area contributed by atoms with Crippen LogP contribution in [0.25, 0.3) is 0 Å². The second-order valence-electron chi connectivity index (χ2n) is 7.20. The van der Waals surface area contributed by atoms with E-state index >= 15 is 0 Å². The van der Waals surface area contributed by atoms with Crippen molar-refractivity contribution in [1.29, 1.82) is 0 Å². The minimum Gasteiger partial charge on any atom is -0.376 e. The Morgan fingerprint density at radius 1 is 1.04 bits per heavy atom. The molecule has 148 valence electrons. The van der Waals surface area contributed by atoms with Crippen molar-refractivity contribution in [2.75, 3.05) is 17.2 Å². The van der Waals surface area contributed by atoms with Gasteiger partial charge in [-0.05, 0) is 61.7 Å². The lowest BCUT2D eigenvalue weighted by molar-refractivity contribution is -0.114. The van der Waals surface area contributed by atoms with Gasteiger partial charge in [-0.15, -0.1) is 0 Å².